The molecule has 2 rings (SSSR count). The minimum Gasteiger partial charge on any atom is -0.497 e. The zero-order valence-corrected chi connectivity index (χ0v) is 14.3. The highest BCUT2D eigenvalue weighted by Gasteiger charge is 2.08. The molecule has 2 N–H and O–H groups in total. The largest absolute Gasteiger partial charge is 0.497 e. The highest BCUT2D eigenvalue weighted by Crippen LogP contribution is 2.33. The average Bonchev–Trinajstić information content (AvgIpc) is 2.52. The maximum absolute atomic E-state index is 11.8. The summed E-state index contributed by atoms with van der Waals surface area (Å²) < 4.78 is 5.07. The number of rotatable bonds is 5. The molecule has 0 radical (unpaired) electrons. The minimum atomic E-state index is -0.358. The molecule has 2 aromatic carbocycles. The van der Waals surface area contributed by atoms with Gasteiger partial charge in [-0.2, -0.15) is 0 Å². The standard InChI is InChI=1S/C16H13Cl3N2O2/c1-23-12-5-2-10(3-6-12)4-7-15(22)20-21-16-13(18)8-11(17)9-14(16)19/h2-9,21H,1H3,(H,20,22)/b7-4+. The number of carbonyl (C=O) groups excluding carboxylic acids is 1. The van der Waals surface area contributed by atoms with Gasteiger partial charge in [0.25, 0.3) is 5.91 Å². The highest BCUT2D eigenvalue weighted by molar-refractivity contribution is 6.41. The molecule has 23 heavy (non-hydrogen) atoms. The molecule has 0 aliphatic carbocycles. The van der Waals surface area contributed by atoms with E-state index in [0.29, 0.717) is 20.8 Å². The van der Waals surface area contributed by atoms with Gasteiger partial charge in [-0.1, -0.05) is 46.9 Å². The first-order valence-corrected chi connectivity index (χ1v) is 7.65. The zero-order chi connectivity index (χ0) is 16.8. The number of halogens is 3. The Morgan fingerprint density at radius 3 is 2.26 bits per heavy atom. The summed E-state index contributed by atoms with van der Waals surface area (Å²) in [6, 6.07) is 10.3. The lowest BCUT2D eigenvalue weighted by Crippen LogP contribution is -2.27. The Morgan fingerprint density at radius 1 is 1.09 bits per heavy atom. The Bertz CT molecular complexity index is 708. The van der Waals surface area contributed by atoms with E-state index in [0.717, 1.165) is 11.3 Å². The van der Waals surface area contributed by atoms with Crippen LogP contribution in [0.2, 0.25) is 15.1 Å². The van der Waals surface area contributed by atoms with Crippen molar-refractivity contribution < 1.29 is 9.53 Å². The van der Waals surface area contributed by atoms with E-state index in [2.05, 4.69) is 10.9 Å². The molecule has 0 heterocycles. The van der Waals surface area contributed by atoms with E-state index >= 15 is 0 Å². The summed E-state index contributed by atoms with van der Waals surface area (Å²) in [5.74, 6) is 0.392. The molecule has 4 nitrogen and oxygen atoms in total. The Kier molecular flexibility index (Phi) is 6.16. The molecule has 0 spiro atoms. The summed E-state index contributed by atoms with van der Waals surface area (Å²) in [7, 11) is 1.59. The third-order valence-electron chi connectivity index (χ3n) is 2.86. The van der Waals surface area contributed by atoms with Crippen molar-refractivity contribution in [3.8, 4) is 5.75 Å². The van der Waals surface area contributed by atoms with Crippen LogP contribution >= 0.6 is 34.8 Å². The van der Waals surface area contributed by atoms with Gasteiger partial charge >= 0.3 is 0 Å². The molecule has 0 aliphatic rings. The van der Waals surface area contributed by atoms with E-state index in [4.69, 9.17) is 39.5 Å². The van der Waals surface area contributed by atoms with Gasteiger partial charge in [0.15, 0.2) is 0 Å². The van der Waals surface area contributed by atoms with Gasteiger partial charge in [-0.05, 0) is 35.9 Å². The quantitative estimate of drug-likeness (QED) is 0.585. The van der Waals surface area contributed by atoms with Crippen molar-refractivity contribution in [2.24, 2.45) is 0 Å². The van der Waals surface area contributed by atoms with E-state index < -0.39 is 0 Å². The zero-order valence-electron chi connectivity index (χ0n) is 12.1. The first kappa shape index (κ1) is 17.5. The van der Waals surface area contributed by atoms with Crippen molar-refractivity contribution in [3.05, 3.63) is 63.1 Å². The molecule has 0 atom stereocenters. The number of anilines is 1. The lowest BCUT2D eigenvalue weighted by atomic mass is 10.2. The maximum atomic E-state index is 11.8. The van der Waals surface area contributed by atoms with E-state index in [1.54, 1.807) is 13.2 Å². The van der Waals surface area contributed by atoms with E-state index in [9.17, 15) is 4.79 Å². The topological polar surface area (TPSA) is 50.4 Å². The van der Waals surface area contributed by atoms with Crippen molar-refractivity contribution in [3.63, 3.8) is 0 Å². The van der Waals surface area contributed by atoms with Crippen molar-refractivity contribution in [2.45, 2.75) is 0 Å². The van der Waals surface area contributed by atoms with Gasteiger partial charge in [0.05, 0.1) is 22.8 Å². The van der Waals surface area contributed by atoms with Gasteiger partial charge in [-0.25, -0.2) is 0 Å². The number of benzene rings is 2. The van der Waals surface area contributed by atoms with Gasteiger partial charge < -0.3 is 4.74 Å². The van der Waals surface area contributed by atoms with E-state index in [1.165, 1.54) is 18.2 Å². The molecule has 0 aliphatic heterocycles. The van der Waals surface area contributed by atoms with Crippen LogP contribution < -0.4 is 15.6 Å². The summed E-state index contributed by atoms with van der Waals surface area (Å²) in [6.07, 6.45) is 3.05. The number of hydrogen-bond donors (Lipinski definition) is 2. The van der Waals surface area contributed by atoms with Crippen LogP contribution in [0.25, 0.3) is 6.08 Å². The highest BCUT2D eigenvalue weighted by atomic mass is 35.5. The second kappa shape index (κ2) is 8.11. The maximum Gasteiger partial charge on any atom is 0.262 e. The molecule has 2 aromatic rings. The predicted octanol–water partition coefficient (Wildman–Crippen LogP) is 4.81. The van der Waals surface area contributed by atoms with E-state index in [-0.39, 0.29) is 5.91 Å². The Balaban J connectivity index is 1.96. The molecule has 7 heteroatoms. The van der Waals surface area contributed by atoms with Crippen LogP contribution in [0, 0.1) is 0 Å². The Hall–Kier alpha value is -1.88. The third-order valence-corrected chi connectivity index (χ3v) is 3.67. The molecule has 120 valence electrons. The third kappa shape index (κ3) is 5.06. The number of hydrazine groups is 1. The number of amides is 1. The minimum absolute atomic E-state index is 0.307. The van der Waals surface area contributed by atoms with Crippen molar-refractivity contribution in [2.75, 3.05) is 12.5 Å². The second-order valence-electron chi connectivity index (χ2n) is 4.47. The van der Waals surface area contributed by atoms with Crippen molar-refractivity contribution in [1.29, 1.82) is 0 Å². The predicted molar refractivity (Wildman–Crippen MR) is 95.3 cm³/mol. The summed E-state index contributed by atoms with van der Waals surface area (Å²) >= 11 is 17.8. The number of nitrogens with one attached hydrogen (secondary N) is 2. The fourth-order valence-corrected chi connectivity index (χ4v) is 2.63. The first-order valence-electron chi connectivity index (χ1n) is 6.52. The Morgan fingerprint density at radius 2 is 1.70 bits per heavy atom. The smallest absolute Gasteiger partial charge is 0.262 e. The van der Waals surface area contributed by atoms with Crippen LogP contribution in [0.3, 0.4) is 0 Å². The van der Waals surface area contributed by atoms with Crippen LogP contribution in [0.1, 0.15) is 5.56 Å². The molecule has 0 saturated heterocycles. The second-order valence-corrected chi connectivity index (χ2v) is 5.72. The van der Waals surface area contributed by atoms with Gasteiger partial charge in [-0.15, -0.1) is 0 Å². The monoisotopic (exact) mass is 370 g/mol. The van der Waals surface area contributed by atoms with Crippen LogP contribution in [0.15, 0.2) is 42.5 Å². The molecule has 1 amide bonds. The molecule has 0 fully saturated rings. The van der Waals surface area contributed by atoms with Crippen LogP contribution in [-0.4, -0.2) is 13.0 Å². The SMILES string of the molecule is COc1ccc(/C=C/C(=O)NNc2c(Cl)cc(Cl)cc2Cl)cc1. The van der Waals surface area contributed by atoms with Crippen molar-refractivity contribution >= 4 is 52.5 Å². The summed E-state index contributed by atoms with van der Waals surface area (Å²) in [6.45, 7) is 0. The molecular formula is C16H13Cl3N2O2. The summed E-state index contributed by atoms with van der Waals surface area (Å²) in [5.41, 5.74) is 6.39. The van der Waals surface area contributed by atoms with Crippen LogP contribution in [-0.2, 0) is 4.79 Å². The van der Waals surface area contributed by atoms with Crippen LogP contribution in [0.4, 0.5) is 5.69 Å². The number of methoxy groups -OCH3 is 1. The average molecular weight is 372 g/mol. The van der Waals surface area contributed by atoms with Gasteiger partial charge in [-0.3, -0.25) is 15.6 Å². The van der Waals surface area contributed by atoms with E-state index in [1.807, 2.05) is 24.3 Å². The van der Waals surface area contributed by atoms with Gasteiger partial charge in [0.2, 0.25) is 0 Å². The van der Waals surface area contributed by atoms with Gasteiger partial charge in [0.1, 0.15) is 5.75 Å². The lowest BCUT2D eigenvalue weighted by molar-refractivity contribution is -0.115. The van der Waals surface area contributed by atoms with Crippen molar-refractivity contribution in [1.82, 2.24) is 5.43 Å². The summed E-state index contributed by atoms with van der Waals surface area (Å²) in [5, 5.41) is 1.03. The number of hydrogen-bond acceptors (Lipinski definition) is 3. The van der Waals surface area contributed by atoms with Crippen LogP contribution in [0.5, 0.6) is 5.75 Å². The first-order chi connectivity index (χ1) is 11.0. The number of ether oxygens (including phenoxy) is 1. The summed E-state index contributed by atoms with van der Waals surface area (Å²) in [4.78, 5) is 11.8. The molecule has 0 aromatic heterocycles. The molecule has 0 saturated carbocycles. The van der Waals surface area contributed by atoms with Gasteiger partial charge in [0, 0.05) is 11.1 Å². The fraction of sp³-hybridized carbons (Fsp3) is 0.0625. The molecule has 0 bridgehead atoms. The number of carbonyl (C=O) groups is 1. The molecular weight excluding hydrogens is 359 g/mol. The normalized spacial score (nSPS) is 10.6. The lowest BCUT2D eigenvalue weighted by Gasteiger charge is -2.10. The Labute approximate surface area is 149 Å². The fourth-order valence-electron chi connectivity index (χ4n) is 1.71. The molecule has 0 unspecified atom stereocenters.